The number of hydrogen-bond acceptors (Lipinski definition) is 6. The molecule has 140 valence electrons. The van der Waals surface area contributed by atoms with Crippen molar-refractivity contribution in [3.05, 3.63) is 22.5 Å². The molecule has 9 heteroatoms. The number of hydrogen-bond donors (Lipinski definition) is 2. The van der Waals surface area contributed by atoms with E-state index in [4.69, 9.17) is 16.1 Å². The molecule has 1 saturated carbocycles. The lowest BCUT2D eigenvalue weighted by atomic mass is 10.1. The normalized spacial score (nSPS) is 21.1. The third-order valence-corrected chi connectivity index (χ3v) is 5.29. The standard InChI is InChI=1S/C17H23ClN6O2/c1-10-7-13(22-26-10)15-12(16(18)23(2)21-15)8-24-6-5-19-14(9-24)17(25)20-11-3-4-11/h7,11,14,19H,3-6,8-9H2,1-2H3,(H,20,25)/t14-/m1/s1. The van der Waals surface area contributed by atoms with E-state index in [0.717, 1.165) is 42.9 Å². The Hall–Kier alpha value is -1.90. The Kier molecular flexibility index (Phi) is 4.73. The lowest BCUT2D eigenvalue weighted by Crippen LogP contribution is -2.57. The van der Waals surface area contributed by atoms with Gasteiger partial charge in [0, 0.05) is 50.9 Å². The molecule has 1 aliphatic carbocycles. The van der Waals surface area contributed by atoms with Gasteiger partial charge in [0.1, 0.15) is 22.3 Å². The molecule has 2 N–H and O–H groups in total. The third-order valence-electron chi connectivity index (χ3n) is 4.82. The predicted molar refractivity (Wildman–Crippen MR) is 96.7 cm³/mol. The summed E-state index contributed by atoms with van der Waals surface area (Å²) in [6.45, 7) is 4.71. The maximum atomic E-state index is 12.3. The Bertz CT molecular complexity index is 812. The van der Waals surface area contributed by atoms with E-state index in [1.807, 2.05) is 20.0 Å². The highest BCUT2D eigenvalue weighted by atomic mass is 35.5. The molecule has 8 nitrogen and oxygen atoms in total. The van der Waals surface area contributed by atoms with Crippen LogP contribution in [0.2, 0.25) is 5.15 Å². The second-order valence-electron chi connectivity index (χ2n) is 7.09. The van der Waals surface area contributed by atoms with Crippen molar-refractivity contribution in [1.29, 1.82) is 0 Å². The van der Waals surface area contributed by atoms with Crippen LogP contribution in [0.1, 0.15) is 24.2 Å². The molecule has 1 atom stereocenters. The molecule has 4 rings (SSSR count). The van der Waals surface area contributed by atoms with E-state index < -0.39 is 0 Å². The van der Waals surface area contributed by atoms with Crippen LogP contribution in [0.15, 0.2) is 10.6 Å². The van der Waals surface area contributed by atoms with Crippen LogP contribution < -0.4 is 10.6 Å². The van der Waals surface area contributed by atoms with Crippen LogP contribution in [0.25, 0.3) is 11.4 Å². The molecule has 2 aliphatic rings. The quantitative estimate of drug-likeness (QED) is 0.809. The molecule has 1 aliphatic heterocycles. The SMILES string of the molecule is Cc1cc(-c2nn(C)c(Cl)c2CN2CCN[C@@H](C(=O)NC3CC3)C2)no1. The zero-order valence-corrected chi connectivity index (χ0v) is 15.7. The molecule has 0 bridgehead atoms. The molecule has 0 radical (unpaired) electrons. The third kappa shape index (κ3) is 3.62. The number of amides is 1. The summed E-state index contributed by atoms with van der Waals surface area (Å²) < 4.78 is 6.83. The fourth-order valence-corrected chi connectivity index (χ4v) is 3.44. The summed E-state index contributed by atoms with van der Waals surface area (Å²) in [6.07, 6.45) is 2.18. The van der Waals surface area contributed by atoms with Gasteiger partial charge in [-0.25, -0.2) is 0 Å². The summed E-state index contributed by atoms with van der Waals surface area (Å²) in [5.74, 6) is 0.813. The lowest BCUT2D eigenvalue weighted by molar-refractivity contribution is -0.124. The fraction of sp³-hybridized carbons (Fsp3) is 0.588. The maximum absolute atomic E-state index is 12.3. The molecular formula is C17H23ClN6O2. The minimum atomic E-state index is -0.197. The van der Waals surface area contributed by atoms with Gasteiger partial charge in [-0.3, -0.25) is 14.4 Å². The van der Waals surface area contributed by atoms with Gasteiger partial charge in [-0.2, -0.15) is 5.10 Å². The molecular weight excluding hydrogens is 356 g/mol. The second kappa shape index (κ2) is 7.02. The highest BCUT2D eigenvalue weighted by molar-refractivity contribution is 6.30. The van der Waals surface area contributed by atoms with Crippen LogP contribution in [-0.4, -0.2) is 57.5 Å². The van der Waals surface area contributed by atoms with Crippen LogP contribution in [-0.2, 0) is 18.4 Å². The number of nitrogens with one attached hydrogen (secondary N) is 2. The van der Waals surface area contributed by atoms with Crippen LogP contribution >= 0.6 is 11.6 Å². The monoisotopic (exact) mass is 378 g/mol. The Labute approximate surface area is 156 Å². The molecule has 2 aromatic rings. The molecule has 2 fully saturated rings. The summed E-state index contributed by atoms with van der Waals surface area (Å²) in [4.78, 5) is 14.6. The van der Waals surface area contributed by atoms with Gasteiger partial charge in [-0.15, -0.1) is 0 Å². The number of nitrogens with zero attached hydrogens (tertiary/aromatic N) is 4. The lowest BCUT2D eigenvalue weighted by Gasteiger charge is -2.32. The van der Waals surface area contributed by atoms with Crippen LogP contribution in [0, 0.1) is 6.92 Å². The van der Waals surface area contributed by atoms with E-state index in [9.17, 15) is 4.79 Å². The number of carbonyl (C=O) groups excluding carboxylic acids is 1. The first-order valence-electron chi connectivity index (χ1n) is 8.92. The van der Waals surface area contributed by atoms with Gasteiger partial charge in [0.15, 0.2) is 0 Å². The van der Waals surface area contributed by atoms with Gasteiger partial charge in [-0.05, 0) is 19.8 Å². The Morgan fingerprint density at radius 1 is 1.50 bits per heavy atom. The zero-order valence-electron chi connectivity index (χ0n) is 15.0. The van der Waals surface area contributed by atoms with Crippen molar-refractivity contribution >= 4 is 17.5 Å². The Balaban J connectivity index is 1.50. The number of carbonyl (C=O) groups is 1. The van der Waals surface area contributed by atoms with Crippen LogP contribution in [0.4, 0.5) is 0 Å². The minimum absolute atomic E-state index is 0.0850. The maximum Gasteiger partial charge on any atom is 0.238 e. The van der Waals surface area contributed by atoms with Crippen LogP contribution in [0.3, 0.4) is 0 Å². The van der Waals surface area contributed by atoms with Gasteiger partial charge in [0.2, 0.25) is 5.91 Å². The summed E-state index contributed by atoms with van der Waals surface area (Å²) in [6, 6.07) is 2.03. The smallest absolute Gasteiger partial charge is 0.238 e. The number of aryl methyl sites for hydroxylation is 2. The minimum Gasteiger partial charge on any atom is -0.361 e. The molecule has 0 aromatic carbocycles. The van der Waals surface area contributed by atoms with Crippen molar-refractivity contribution in [3.63, 3.8) is 0 Å². The topological polar surface area (TPSA) is 88.2 Å². The Morgan fingerprint density at radius 2 is 2.31 bits per heavy atom. The molecule has 1 amide bonds. The number of piperazine rings is 1. The highest BCUT2D eigenvalue weighted by Crippen LogP contribution is 2.29. The first-order chi connectivity index (χ1) is 12.5. The zero-order chi connectivity index (χ0) is 18.3. The molecule has 0 spiro atoms. The van der Waals surface area contributed by atoms with Crippen molar-refractivity contribution < 1.29 is 9.32 Å². The van der Waals surface area contributed by atoms with Gasteiger partial charge in [-0.1, -0.05) is 16.8 Å². The first kappa shape index (κ1) is 17.5. The van der Waals surface area contributed by atoms with Crippen molar-refractivity contribution in [2.24, 2.45) is 7.05 Å². The summed E-state index contributed by atoms with van der Waals surface area (Å²) in [5.41, 5.74) is 2.32. The first-order valence-corrected chi connectivity index (χ1v) is 9.30. The number of rotatable bonds is 5. The molecule has 1 saturated heterocycles. The van der Waals surface area contributed by atoms with E-state index in [1.54, 1.807) is 4.68 Å². The van der Waals surface area contributed by atoms with E-state index >= 15 is 0 Å². The summed E-state index contributed by atoms with van der Waals surface area (Å²) in [7, 11) is 1.81. The van der Waals surface area contributed by atoms with Crippen LogP contribution in [0.5, 0.6) is 0 Å². The van der Waals surface area contributed by atoms with Gasteiger partial charge in [0.05, 0.1) is 6.04 Å². The highest BCUT2D eigenvalue weighted by Gasteiger charge is 2.31. The van der Waals surface area contributed by atoms with Gasteiger partial charge in [0.25, 0.3) is 0 Å². The van der Waals surface area contributed by atoms with E-state index in [0.29, 0.717) is 30.0 Å². The molecule has 3 heterocycles. The van der Waals surface area contributed by atoms with Gasteiger partial charge < -0.3 is 15.2 Å². The van der Waals surface area contributed by atoms with Crippen molar-refractivity contribution in [1.82, 2.24) is 30.5 Å². The average molecular weight is 379 g/mol. The van der Waals surface area contributed by atoms with Crippen molar-refractivity contribution in [2.75, 3.05) is 19.6 Å². The predicted octanol–water partition coefficient (Wildman–Crippen LogP) is 1.09. The van der Waals surface area contributed by atoms with E-state index in [1.165, 1.54) is 0 Å². The van der Waals surface area contributed by atoms with Gasteiger partial charge >= 0.3 is 0 Å². The molecule has 26 heavy (non-hydrogen) atoms. The summed E-state index contributed by atoms with van der Waals surface area (Å²) in [5, 5.41) is 15.5. The summed E-state index contributed by atoms with van der Waals surface area (Å²) >= 11 is 6.49. The van der Waals surface area contributed by atoms with E-state index in [-0.39, 0.29) is 11.9 Å². The fourth-order valence-electron chi connectivity index (χ4n) is 3.25. The molecule has 2 aromatic heterocycles. The van der Waals surface area contributed by atoms with E-state index in [2.05, 4.69) is 25.8 Å². The molecule has 0 unspecified atom stereocenters. The second-order valence-corrected chi connectivity index (χ2v) is 7.45. The van der Waals surface area contributed by atoms with Crippen molar-refractivity contribution in [3.8, 4) is 11.4 Å². The Morgan fingerprint density at radius 3 is 3.00 bits per heavy atom. The number of halogens is 1. The van der Waals surface area contributed by atoms with Crippen molar-refractivity contribution in [2.45, 2.75) is 38.4 Å². The average Bonchev–Trinajstić information content (AvgIpc) is 3.27. The number of aromatic nitrogens is 3. The largest absolute Gasteiger partial charge is 0.361 e.